The summed E-state index contributed by atoms with van der Waals surface area (Å²) in [5.41, 5.74) is 7.58. The van der Waals surface area contributed by atoms with Crippen LogP contribution in [0.4, 0.5) is 0 Å². The summed E-state index contributed by atoms with van der Waals surface area (Å²) in [5.74, 6) is 1.63. The molecule has 1 saturated carbocycles. The molecule has 2 atom stereocenters. The summed E-state index contributed by atoms with van der Waals surface area (Å²) in [4.78, 5) is 13.8. The lowest BCUT2D eigenvalue weighted by atomic mass is 9.82. The second-order valence-electron chi connectivity index (χ2n) is 7.63. The van der Waals surface area contributed by atoms with E-state index in [1.807, 2.05) is 17.0 Å². The highest BCUT2D eigenvalue weighted by atomic mass is 16.5. The van der Waals surface area contributed by atoms with Gasteiger partial charge < -0.3 is 20.1 Å². The van der Waals surface area contributed by atoms with Crippen molar-refractivity contribution < 1.29 is 14.3 Å². The molecule has 26 heavy (non-hydrogen) atoms. The number of likely N-dealkylation sites (tertiary alicyclic amines) is 1. The Kier molecular flexibility index (Phi) is 6.54. The third kappa shape index (κ3) is 4.38. The number of nitrogens with zero attached hydrogens (tertiary/aromatic N) is 1. The Bertz CT molecular complexity index is 599. The van der Waals surface area contributed by atoms with E-state index in [0.717, 1.165) is 50.8 Å². The number of hydrogen-bond donors (Lipinski definition) is 1. The van der Waals surface area contributed by atoms with Crippen molar-refractivity contribution in [3.05, 3.63) is 29.8 Å². The van der Waals surface area contributed by atoms with Gasteiger partial charge in [0.05, 0.1) is 25.9 Å². The number of para-hydroxylation sites is 1. The summed E-state index contributed by atoms with van der Waals surface area (Å²) >= 11 is 0. The number of benzene rings is 1. The average molecular weight is 360 g/mol. The quantitative estimate of drug-likeness (QED) is 0.876. The first-order valence-corrected chi connectivity index (χ1v) is 9.87. The van der Waals surface area contributed by atoms with Crippen molar-refractivity contribution in [2.45, 2.75) is 69.6 Å². The zero-order valence-corrected chi connectivity index (χ0v) is 16.0. The number of methoxy groups -OCH3 is 1. The fourth-order valence-electron chi connectivity index (χ4n) is 4.47. The molecular weight excluding hydrogens is 328 g/mol. The van der Waals surface area contributed by atoms with Gasteiger partial charge in [0.15, 0.2) is 0 Å². The first-order chi connectivity index (χ1) is 12.6. The molecule has 1 heterocycles. The standard InChI is InChI=1S/C21H32N2O3/c1-15(24)23-13-5-7-19(22)20(23)14-26-17-11-9-16(10-12-17)18-6-3-4-8-21(18)25-2/h3-4,6,8,16-17,19-20H,5,7,9-14,22H2,1-2H3/t16?,17?,19-,20-/m0/s1. The third-order valence-corrected chi connectivity index (χ3v) is 5.99. The van der Waals surface area contributed by atoms with Crippen molar-refractivity contribution in [3.8, 4) is 5.75 Å². The molecule has 3 rings (SSSR count). The van der Waals surface area contributed by atoms with Crippen LogP contribution >= 0.6 is 0 Å². The molecule has 1 aromatic rings. The molecule has 0 unspecified atom stereocenters. The van der Waals surface area contributed by atoms with Crippen LogP contribution in [0.15, 0.2) is 24.3 Å². The van der Waals surface area contributed by atoms with Gasteiger partial charge in [-0.2, -0.15) is 0 Å². The molecule has 0 radical (unpaired) electrons. The summed E-state index contributed by atoms with van der Waals surface area (Å²) in [6.07, 6.45) is 6.54. The van der Waals surface area contributed by atoms with E-state index >= 15 is 0 Å². The molecule has 0 aromatic heterocycles. The Hall–Kier alpha value is -1.59. The lowest BCUT2D eigenvalue weighted by molar-refractivity contribution is -0.135. The van der Waals surface area contributed by atoms with E-state index in [9.17, 15) is 4.79 Å². The van der Waals surface area contributed by atoms with Crippen molar-refractivity contribution in [2.24, 2.45) is 5.73 Å². The molecule has 5 heteroatoms. The molecule has 1 aromatic carbocycles. The Labute approximate surface area is 156 Å². The second kappa shape index (κ2) is 8.87. The van der Waals surface area contributed by atoms with Gasteiger partial charge in [0.2, 0.25) is 5.91 Å². The van der Waals surface area contributed by atoms with E-state index in [1.54, 1.807) is 14.0 Å². The van der Waals surface area contributed by atoms with Crippen LogP contribution in [0, 0.1) is 0 Å². The van der Waals surface area contributed by atoms with Crippen LogP contribution in [-0.4, -0.2) is 49.3 Å². The van der Waals surface area contributed by atoms with Crippen molar-refractivity contribution in [1.29, 1.82) is 0 Å². The van der Waals surface area contributed by atoms with E-state index in [4.69, 9.17) is 15.2 Å². The Morgan fingerprint density at radius 1 is 1.19 bits per heavy atom. The van der Waals surface area contributed by atoms with Crippen molar-refractivity contribution in [2.75, 3.05) is 20.3 Å². The predicted octanol–water partition coefficient (Wildman–Crippen LogP) is 3.08. The molecule has 5 nitrogen and oxygen atoms in total. The van der Waals surface area contributed by atoms with Crippen molar-refractivity contribution >= 4 is 5.91 Å². The molecule has 1 saturated heterocycles. The minimum atomic E-state index is 0.0215. The zero-order chi connectivity index (χ0) is 18.5. The van der Waals surface area contributed by atoms with Crippen LogP contribution in [0.25, 0.3) is 0 Å². The summed E-state index contributed by atoms with van der Waals surface area (Å²) in [6, 6.07) is 8.37. The van der Waals surface area contributed by atoms with Gasteiger partial charge in [-0.15, -0.1) is 0 Å². The largest absolute Gasteiger partial charge is 0.496 e. The maximum Gasteiger partial charge on any atom is 0.219 e. The van der Waals surface area contributed by atoms with E-state index in [0.29, 0.717) is 12.5 Å². The molecule has 1 amide bonds. The monoisotopic (exact) mass is 360 g/mol. The summed E-state index contributed by atoms with van der Waals surface area (Å²) in [7, 11) is 1.74. The molecule has 2 fully saturated rings. The van der Waals surface area contributed by atoms with Crippen LogP contribution in [0.5, 0.6) is 5.75 Å². The van der Waals surface area contributed by atoms with Crippen molar-refractivity contribution in [1.82, 2.24) is 4.90 Å². The van der Waals surface area contributed by atoms with Crippen LogP contribution in [0.1, 0.15) is 56.9 Å². The maximum atomic E-state index is 11.9. The summed E-state index contributed by atoms with van der Waals surface area (Å²) in [6.45, 7) is 2.99. The van der Waals surface area contributed by atoms with Crippen LogP contribution in [0.3, 0.4) is 0 Å². The number of nitrogens with two attached hydrogens (primary N) is 1. The number of piperidine rings is 1. The van der Waals surface area contributed by atoms with E-state index < -0.39 is 0 Å². The number of hydrogen-bond acceptors (Lipinski definition) is 4. The molecule has 1 aliphatic carbocycles. The normalized spacial score (nSPS) is 29.4. The zero-order valence-electron chi connectivity index (χ0n) is 16.0. The van der Waals surface area contributed by atoms with Gasteiger partial charge in [0.25, 0.3) is 0 Å². The highest BCUT2D eigenvalue weighted by Gasteiger charge is 2.32. The smallest absolute Gasteiger partial charge is 0.219 e. The second-order valence-corrected chi connectivity index (χ2v) is 7.63. The molecule has 2 aliphatic rings. The Morgan fingerprint density at radius 2 is 1.92 bits per heavy atom. The number of ether oxygens (including phenoxy) is 2. The highest BCUT2D eigenvalue weighted by Crippen LogP contribution is 2.38. The van der Waals surface area contributed by atoms with Gasteiger partial charge in [-0.1, -0.05) is 18.2 Å². The molecule has 144 valence electrons. The molecule has 0 spiro atoms. The van der Waals surface area contributed by atoms with Crippen LogP contribution in [-0.2, 0) is 9.53 Å². The van der Waals surface area contributed by atoms with Gasteiger partial charge in [0, 0.05) is 19.5 Å². The molecular formula is C21H32N2O3. The minimum absolute atomic E-state index is 0.0215. The average Bonchev–Trinajstić information content (AvgIpc) is 2.67. The fraction of sp³-hybridized carbons (Fsp3) is 0.667. The fourth-order valence-corrected chi connectivity index (χ4v) is 4.47. The van der Waals surface area contributed by atoms with E-state index in [1.165, 1.54) is 5.56 Å². The number of rotatable bonds is 5. The Morgan fingerprint density at radius 3 is 2.62 bits per heavy atom. The highest BCUT2D eigenvalue weighted by molar-refractivity contribution is 5.73. The van der Waals surface area contributed by atoms with E-state index in [-0.39, 0.29) is 24.1 Å². The number of amides is 1. The summed E-state index contributed by atoms with van der Waals surface area (Å²) in [5, 5.41) is 0. The van der Waals surface area contributed by atoms with Crippen LogP contribution < -0.4 is 10.5 Å². The number of carbonyl (C=O) groups excluding carboxylic acids is 1. The molecule has 0 bridgehead atoms. The maximum absolute atomic E-state index is 11.9. The first kappa shape index (κ1) is 19.2. The van der Waals surface area contributed by atoms with Crippen LogP contribution in [0.2, 0.25) is 0 Å². The SMILES string of the molecule is COc1ccccc1C1CCC(OC[C@H]2[C@@H](N)CCCN2C(C)=O)CC1. The van der Waals surface area contributed by atoms with Gasteiger partial charge in [-0.05, 0) is 56.1 Å². The third-order valence-electron chi connectivity index (χ3n) is 5.99. The van der Waals surface area contributed by atoms with Gasteiger partial charge in [0.1, 0.15) is 5.75 Å². The lowest BCUT2D eigenvalue weighted by Gasteiger charge is -2.40. The van der Waals surface area contributed by atoms with Crippen molar-refractivity contribution in [3.63, 3.8) is 0 Å². The lowest BCUT2D eigenvalue weighted by Crippen LogP contribution is -2.56. The molecule has 1 aliphatic heterocycles. The van der Waals surface area contributed by atoms with Gasteiger partial charge in [-0.25, -0.2) is 0 Å². The Balaban J connectivity index is 1.51. The topological polar surface area (TPSA) is 64.8 Å². The molecule has 2 N–H and O–H groups in total. The van der Waals surface area contributed by atoms with E-state index in [2.05, 4.69) is 12.1 Å². The van der Waals surface area contributed by atoms with Gasteiger partial charge >= 0.3 is 0 Å². The van der Waals surface area contributed by atoms with Gasteiger partial charge in [-0.3, -0.25) is 4.79 Å². The summed E-state index contributed by atoms with van der Waals surface area (Å²) < 4.78 is 11.7. The minimum Gasteiger partial charge on any atom is -0.496 e. The number of carbonyl (C=O) groups is 1. The predicted molar refractivity (Wildman–Crippen MR) is 102 cm³/mol. The first-order valence-electron chi connectivity index (χ1n) is 9.87.